The highest BCUT2D eigenvalue weighted by atomic mass is 32.2. The first-order valence-electron chi connectivity index (χ1n) is 13.5. The van der Waals surface area contributed by atoms with E-state index in [0.717, 1.165) is 44.6 Å². The van der Waals surface area contributed by atoms with E-state index in [-0.39, 0.29) is 28.7 Å². The predicted molar refractivity (Wildman–Crippen MR) is 140 cm³/mol. The Labute approximate surface area is 227 Å². The molecule has 4 aliphatic rings. The van der Waals surface area contributed by atoms with E-state index >= 15 is 0 Å². The number of rotatable bonds is 7. The quantitative estimate of drug-likeness (QED) is 0.543. The Morgan fingerprint density at radius 3 is 2.15 bits per heavy atom. The number of carbonyl (C=O) groups is 2. The van der Waals surface area contributed by atoms with Gasteiger partial charge in [0, 0.05) is 80.7 Å². The van der Waals surface area contributed by atoms with E-state index < -0.39 is 10.0 Å². The summed E-state index contributed by atoms with van der Waals surface area (Å²) in [7, 11) is -3.92. The molecule has 1 aliphatic carbocycles. The third-order valence-electron chi connectivity index (χ3n) is 8.21. The normalized spacial score (nSPS) is 23.6. The number of fused-ring (bicyclic) bond motifs is 1. The molecular weight excluding hydrogens is 522 g/mol. The fourth-order valence-electron chi connectivity index (χ4n) is 5.79. The van der Waals surface area contributed by atoms with E-state index in [2.05, 4.69) is 4.98 Å². The SMILES string of the molecule is NS(=O)(=O)c1ccc(C(=O)N2C[C@H]3CN(C(=O)c4cc(OCC5CCOCC5)nc(C5CC5)c4)C[C@@H]3C2)cn1. The van der Waals surface area contributed by atoms with Gasteiger partial charge < -0.3 is 19.3 Å². The molecule has 0 spiro atoms. The van der Waals surface area contributed by atoms with Gasteiger partial charge in [0.25, 0.3) is 21.8 Å². The number of likely N-dealkylation sites (tertiary alicyclic amines) is 2. The molecule has 0 bridgehead atoms. The molecule has 11 nitrogen and oxygen atoms in total. The molecule has 2 amide bonds. The molecule has 3 saturated heterocycles. The summed E-state index contributed by atoms with van der Waals surface area (Å²) in [6, 6.07) is 6.37. The first kappa shape index (κ1) is 26.1. The smallest absolute Gasteiger partial charge is 0.255 e. The van der Waals surface area contributed by atoms with Crippen LogP contribution in [-0.4, -0.2) is 86.0 Å². The maximum Gasteiger partial charge on any atom is 0.255 e. The summed E-state index contributed by atoms with van der Waals surface area (Å²) < 4.78 is 34.4. The molecule has 6 rings (SSSR count). The molecule has 2 aromatic heterocycles. The zero-order valence-electron chi connectivity index (χ0n) is 21.7. The third-order valence-corrected chi connectivity index (χ3v) is 9.03. The van der Waals surface area contributed by atoms with Gasteiger partial charge in [-0.05, 0) is 49.8 Å². The van der Waals surface area contributed by atoms with E-state index in [0.29, 0.717) is 61.6 Å². The van der Waals surface area contributed by atoms with Crippen LogP contribution in [-0.2, 0) is 14.8 Å². The second kappa shape index (κ2) is 10.5. The lowest BCUT2D eigenvalue weighted by Gasteiger charge is -2.23. The van der Waals surface area contributed by atoms with Crippen LogP contribution in [0.1, 0.15) is 58.0 Å². The summed E-state index contributed by atoms with van der Waals surface area (Å²) in [5.41, 5.74) is 1.86. The minimum Gasteiger partial charge on any atom is -0.477 e. The molecule has 208 valence electrons. The van der Waals surface area contributed by atoms with E-state index in [1.807, 2.05) is 11.0 Å². The van der Waals surface area contributed by atoms with Crippen LogP contribution >= 0.6 is 0 Å². The summed E-state index contributed by atoms with van der Waals surface area (Å²) in [5, 5.41) is 4.82. The third kappa shape index (κ3) is 5.78. The second-order valence-electron chi connectivity index (χ2n) is 11.1. The summed E-state index contributed by atoms with van der Waals surface area (Å²) in [5.74, 6) is 1.50. The molecule has 2 aromatic rings. The number of amides is 2. The van der Waals surface area contributed by atoms with Crippen molar-refractivity contribution < 1.29 is 27.5 Å². The summed E-state index contributed by atoms with van der Waals surface area (Å²) in [4.78, 5) is 38.7. The van der Waals surface area contributed by atoms with E-state index in [1.54, 1.807) is 11.0 Å². The lowest BCUT2D eigenvalue weighted by atomic mass is 10.0. The van der Waals surface area contributed by atoms with Crippen LogP contribution in [0.2, 0.25) is 0 Å². The number of hydrogen-bond donors (Lipinski definition) is 1. The molecule has 3 aliphatic heterocycles. The Morgan fingerprint density at radius 2 is 1.59 bits per heavy atom. The van der Waals surface area contributed by atoms with E-state index in [4.69, 9.17) is 19.6 Å². The molecular formula is C27H33N5O6S. The van der Waals surface area contributed by atoms with Crippen LogP contribution in [0.25, 0.3) is 0 Å². The number of ether oxygens (including phenoxy) is 2. The zero-order chi connectivity index (χ0) is 27.1. The van der Waals surface area contributed by atoms with Crippen LogP contribution in [0.15, 0.2) is 35.5 Å². The number of primary sulfonamides is 1. The average Bonchev–Trinajstić information content (AvgIpc) is 3.61. The number of nitrogens with two attached hydrogens (primary N) is 1. The van der Waals surface area contributed by atoms with E-state index in [1.165, 1.54) is 18.3 Å². The summed E-state index contributed by atoms with van der Waals surface area (Å²) in [6.45, 7) is 4.33. The Balaban J connectivity index is 1.09. The standard InChI is InChI=1S/C27H33N5O6S/c28-39(35,36)25-4-3-19(11-29-25)26(33)31-12-21-14-32(15-22(21)13-31)27(34)20-9-23(18-1-2-18)30-24(10-20)38-16-17-5-7-37-8-6-17/h3-4,9-11,17-18,21-22H,1-2,5-8,12-16H2,(H2,28,35,36)/t21-,22-/m0/s1. The number of pyridine rings is 2. The monoisotopic (exact) mass is 555 g/mol. The highest BCUT2D eigenvalue weighted by molar-refractivity contribution is 7.89. The van der Waals surface area contributed by atoms with Crippen molar-refractivity contribution in [3.8, 4) is 5.88 Å². The number of sulfonamides is 1. The largest absolute Gasteiger partial charge is 0.477 e. The van der Waals surface area contributed by atoms with Gasteiger partial charge in [-0.2, -0.15) is 0 Å². The highest BCUT2D eigenvalue weighted by Gasteiger charge is 2.43. The molecule has 0 radical (unpaired) electrons. The number of carbonyl (C=O) groups excluding carboxylic acids is 2. The maximum absolute atomic E-state index is 13.6. The Morgan fingerprint density at radius 1 is 0.949 bits per heavy atom. The maximum atomic E-state index is 13.6. The minimum atomic E-state index is -3.92. The second-order valence-corrected chi connectivity index (χ2v) is 12.6. The van der Waals surface area contributed by atoms with Crippen molar-refractivity contribution in [1.82, 2.24) is 19.8 Å². The number of aromatic nitrogens is 2. The lowest BCUT2D eigenvalue weighted by molar-refractivity contribution is 0.0490. The fourth-order valence-corrected chi connectivity index (χ4v) is 6.25. The van der Waals surface area contributed by atoms with Gasteiger partial charge in [-0.1, -0.05) is 0 Å². The van der Waals surface area contributed by atoms with Gasteiger partial charge in [0.05, 0.1) is 12.2 Å². The molecule has 4 fully saturated rings. The first-order chi connectivity index (χ1) is 18.7. The van der Waals surface area contributed by atoms with Crippen molar-refractivity contribution in [3.05, 3.63) is 47.3 Å². The number of hydrogen-bond acceptors (Lipinski definition) is 8. The topological polar surface area (TPSA) is 145 Å². The first-order valence-corrected chi connectivity index (χ1v) is 15.1. The average molecular weight is 556 g/mol. The van der Waals surface area contributed by atoms with Gasteiger partial charge in [-0.15, -0.1) is 0 Å². The fraction of sp³-hybridized carbons (Fsp3) is 0.556. The van der Waals surface area contributed by atoms with Gasteiger partial charge in [0.1, 0.15) is 0 Å². The van der Waals surface area contributed by atoms with Crippen LogP contribution in [0.3, 0.4) is 0 Å². The zero-order valence-corrected chi connectivity index (χ0v) is 22.5. The molecule has 2 atom stereocenters. The van der Waals surface area contributed by atoms with Gasteiger partial charge >= 0.3 is 0 Å². The summed E-state index contributed by atoms with van der Waals surface area (Å²) >= 11 is 0. The van der Waals surface area contributed by atoms with Crippen LogP contribution in [0.5, 0.6) is 5.88 Å². The lowest BCUT2D eigenvalue weighted by Crippen LogP contribution is -2.35. The molecule has 39 heavy (non-hydrogen) atoms. The Bertz CT molecular complexity index is 1340. The van der Waals surface area contributed by atoms with E-state index in [9.17, 15) is 18.0 Å². The molecule has 2 N–H and O–H groups in total. The van der Waals surface area contributed by atoms with Gasteiger partial charge in [0.2, 0.25) is 5.88 Å². The molecule has 0 aromatic carbocycles. The molecule has 0 unspecified atom stereocenters. The van der Waals surface area contributed by atoms with Crippen molar-refractivity contribution in [2.24, 2.45) is 22.9 Å². The van der Waals surface area contributed by atoms with Crippen molar-refractivity contribution in [3.63, 3.8) is 0 Å². The van der Waals surface area contributed by atoms with Crippen LogP contribution in [0.4, 0.5) is 0 Å². The van der Waals surface area contributed by atoms with Crippen molar-refractivity contribution in [2.75, 3.05) is 46.0 Å². The van der Waals surface area contributed by atoms with Gasteiger partial charge in [-0.25, -0.2) is 23.5 Å². The summed E-state index contributed by atoms with van der Waals surface area (Å²) in [6.07, 6.45) is 5.36. The predicted octanol–water partition coefficient (Wildman–Crippen LogP) is 1.65. The van der Waals surface area contributed by atoms with Crippen molar-refractivity contribution >= 4 is 21.8 Å². The van der Waals surface area contributed by atoms with Crippen LogP contribution in [0, 0.1) is 17.8 Å². The minimum absolute atomic E-state index is 0.0229. The highest BCUT2D eigenvalue weighted by Crippen LogP contribution is 2.40. The van der Waals surface area contributed by atoms with Crippen LogP contribution < -0.4 is 9.88 Å². The Kier molecular flexibility index (Phi) is 7.02. The molecule has 1 saturated carbocycles. The van der Waals surface area contributed by atoms with Gasteiger partial charge in [0.15, 0.2) is 5.03 Å². The van der Waals surface area contributed by atoms with Crippen molar-refractivity contribution in [1.29, 1.82) is 0 Å². The van der Waals surface area contributed by atoms with Crippen molar-refractivity contribution in [2.45, 2.75) is 36.6 Å². The number of nitrogens with zero attached hydrogens (tertiary/aromatic N) is 4. The molecule has 5 heterocycles. The Hall–Kier alpha value is -3.09. The van der Waals surface area contributed by atoms with Gasteiger partial charge in [-0.3, -0.25) is 9.59 Å². The molecule has 12 heteroatoms.